The number of benzene rings is 1. The molecule has 0 saturated heterocycles. The zero-order chi connectivity index (χ0) is 35.2. The molecule has 5 rings (SSSR count). The molecule has 0 radical (unpaired) electrons. The van der Waals surface area contributed by atoms with Crippen LogP contribution < -0.4 is 14.4 Å². The Morgan fingerprint density at radius 1 is 0.857 bits per heavy atom. The highest BCUT2D eigenvalue weighted by Crippen LogP contribution is 2.37. The van der Waals surface area contributed by atoms with Gasteiger partial charge in [0.05, 0.1) is 44.5 Å². The zero-order valence-electron chi connectivity index (χ0n) is 29.7. The third kappa shape index (κ3) is 9.71. The average Bonchev–Trinajstić information content (AvgIpc) is 3.72. The summed E-state index contributed by atoms with van der Waals surface area (Å²) in [5.74, 6) is 1.01. The Labute approximate surface area is 289 Å². The molecule has 0 aliphatic rings. The molecule has 15 heteroatoms. The summed E-state index contributed by atoms with van der Waals surface area (Å²) in [6.45, 7) is 16.1. The summed E-state index contributed by atoms with van der Waals surface area (Å²) in [5.41, 5.74) is 2.59. The van der Waals surface area contributed by atoms with E-state index in [0.717, 1.165) is 17.7 Å². The van der Waals surface area contributed by atoms with Crippen LogP contribution in [0.3, 0.4) is 0 Å². The van der Waals surface area contributed by atoms with Crippen molar-refractivity contribution in [3.8, 4) is 22.8 Å². The predicted octanol–water partition coefficient (Wildman–Crippen LogP) is 7.20. The summed E-state index contributed by atoms with van der Waals surface area (Å²) in [5, 5.41) is 4.45. The first kappa shape index (κ1) is 36.1. The maximum Gasteiger partial charge on any atom is 0.188 e. The van der Waals surface area contributed by atoms with Crippen LogP contribution in [0.5, 0.6) is 11.5 Å². The van der Waals surface area contributed by atoms with Gasteiger partial charge in [0.25, 0.3) is 0 Å². The highest BCUT2D eigenvalue weighted by molar-refractivity contribution is 6.76. The zero-order valence-corrected chi connectivity index (χ0v) is 31.7. The molecule has 0 fully saturated rings. The van der Waals surface area contributed by atoms with Crippen molar-refractivity contribution in [2.75, 3.05) is 32.3 Å². The molecule has 0 saturated carbocycles. The molecule has 4 aromatic heterocycles. The van der Waals surface area contributed by atoms with Crippen molar-refractivity contribution >= 4 is 38.8 Å². The first-order valence-corrected chi connectivity index (χ1v) is 23.8. The van der Waals surface area contributed by atoms with E-state index in [0.29, 0.717) is 60.9 Å². The SMILES string of the molecule is COc1cc(OC)c(F)c(N(Cc2nccn2COCC[Si](C)(C)C)c2ccc3ncc(-c4cnn(COCC[Si](C)(C)C)c4)nc3n2)c1. The molecule has 262 valence electrons. The Hall–Kier alpha value is -4.19. The number of aromatic nitrogens is 7. The number of fused-ring (bicyclic) bond motifs is 1. The Morgan fingerprint density at radius 3 is 2.29 bits per heavy atom. The van der Waals surface area contributed by atoms with E-state index in [1.54, 1.807) is 40.3 Å². The number of hydrogen-bond acceptors (Lipinski definition) is 10. The molecule has 5 aromatic rings. The number of methoxy groups -OCH3 is 2. The molecule has 0 aliphatic carbocycles. The van der Waals surface area contributed by atoms with Crippen LogP contribution in [-0.2, 0) is 29.5 Å². The summed E-state index contributed by atoms with van der Waals surface area (Å²) >= 11 is 0. The molecule has 0 N–H and O–H groups in total. The molecule has 0 unspecified atom stereocenters. The molecule has 0 atom stereocenters. The van der Waals surface area contributed by atoms with Gasteiger partial charge in [0.15, 0.2) is 17.2 Å². The molecular weight excluding hydrogens is 660 g/mol. The van der Waals surface area contributed by atoms with E-state index < -0.39 is 22.0 Å². The van der Waals surface area contributed by atoms with Crippen molar-refractivity contribution in [1.82, 2.24) is 34.3 Å². The Balaban J connectivity index is 1.46. The minimum absolute atomic E-state index is 0.0433. The summed E-state index contributed by atoms with van der Waals surface area (Å²) in [6, 6.07) is 8.86. The van der Waals surface area contributed by atoms with Crippen LogP contribution in [0.4, 0.5) is 15.9 Å². The summed E-state index contributed by atoms with van der Waals surface area (Å²) in [7, 11) is 0.526. The van der Waals surface area contributed by atoms with Crippen LogP contribution in [0.1, 0.15) is 5.82 Å². The van der Waals surface area contributed by atoms with Crippen molar-refractivity contribution < 1.29 is 23.3 Å². The average molecular weight is 707 g/mol. The van der Waals surface area contributed by atoms with Gasteiger partial charge in [-0.1, -0.05) is 39.3 Å². The summed E-state index contributed by atoms with van der Waals surface area (Å²) in [4.78, 5) is 20.7. The first-order chi connectivity index (χ1) is 23.3. The molecule has 0 bridgehead atoms. The Bertz CT molecular complexity index is 1850. The number of ether oxygens (including phenoxy) is 4. The van der Waals surface area contributed by atoms with Gasteiger partial charge in [-0.25, -0.2) is 24.0 Å². The number of imidazole rings is 1. The fourth-order valence-corrected chi connectivity index (χ4v) is 6.40. The molecule has 4 heterocycles. The molecule has 0 amide bonds. The second-order valence-corrected chi connectivity index (χ2v) is 25.5. The second-order valence-electron chi connectivity index (χ2n) is 14.3. The van der Waals surface area contributed by atoms with Crippen molar-refractivity contribution in [2.45, 2.75) is 71.4 Å². The van der Waals surface area contributed by atoms with E-state index in [-0.39, 0.29) is 18.0 Å². The van der Waals surface area contributed by atoms with Gasteiger partial charge in [0.2, 0.25) is 0 Å². The van der Waals surface area contributed by atoms with Gasteiger partial charge >= 0.3 is 0 Å². The van der Waals surface area contributed by atoms with Crippen LogP contribution >= 0.6 is 0 Å². The fraction of sp³-hybridized carbons (Fsp3) is 0.441. The van der Waals surface area contributed by atoms with E-state index in [2.05, 4.69) is 54.3 Å². The topological polar surface area (TPSA) is 114 Å². The normalized spacial score (nSPS) is 12.1. The van der Waals surface area contributed by atoms with E-state index >= 15 is 4.39 Å². The standard InChI is InChI=1S/C34H47FN8O4Si2/c1-44-26-17-29(33(35)30(18-26)45-2)43(22-32-36-11-12-41(32)23-46-13-15-48(3,4)5)31-10-9-27-34(40-31)39-28(20-37-27)25-19-38-42(21-25)24-47-14-16-49(6,7)8/h9-12,17-21H,13-16,22-24H2,1-8H3. The van der Waals surface area contributed by atoms with E-state index in [1.807, 2.05) is 23.0 Å². The molecule has 0 spiro atoms. The predicted molar refractivity (Wildman–Crippen MR) is 194 cm³/mol. The number of anilines is 2. The Kier molecular flexibility index (Phi) is 11.5. The van der Waals surface area contributed by atoms with Gasteiger partial charge in [-0.2, -0.15) is 5.10 Å². The van der Waals surface area contributed by atoms with Crippen LogP contribution in [0.25, 0.3) is 22.4 Å². The van der Waals surface area contributed by atoms with E-state index in [9.17, 15) is 0 Å². The first-order valence-electron chi connectivity index (χ1n) is 16.3. The van der Waals surface area contributed by atoms with Crippen molar-refractivity contribution in [2.24, 2.45) is 0 Å². The van der Waals surface area contributed by atoms with Gasteiger partial charge in [-0.15, -0.1) is 0 Å². The molecule has 1 aromatic carbocycles. The third-order valence-electron chi connectivity index (χ3n) is 7.89. The number of halogens is 1. The molecule has 12 nitrogen and oxygen atoms in total. The molecule has 0 aliphatic heterocycles. The second kappa shape index (κ2) is 15.6. The van der Waals surface area contributed by atoms with Gasteiger partial charge in [-0.3, -0.25) is 4.98 Å². The Morgan fingerprint density at radius 2 is 1.59 bits per heavy atom. The number of pyridine rings is 1. The lowest BCUT2D eigenvalue weighted by Gasteiger charge is -2.26. The summed E-state index contributed by atoms with van der Waals surface area (Å²) < 4.78 is 42.4. The lowest BCUT2D eigenvalue weighted by atomic mass is 10.2. The van der Waals surface area contributed by atoms with Gasteiger partial charge in [0, 0.05) is 65.6 Å². The van der Waals surface area contributed by atoms with Crippen LogP contribution in [0.2, 0.25) is 51.4 Å². The van der Waals surface area contributed by atoms with Crippen molar-refractivity contribution in [3.05, 3.63) is 66.9 Å². The highest BCUT2D eigenvalue weighted by atomic mass is 28.3. The number of rotatable bonds is 17. The van der Waals surface area contributed by atoms with Gasteiger partial charge in [-0.05, 0) is 24.2 Å². The van der Waals surface area contributed by atoms with Crippen molar-refractivity contribution in [3.63, 3.8) is 0 Å². The monoisotopic (exact) mass is 706 g/mol. The highest BCUT2D eigenvalue weighted by Gasteiger charge is 2.23. The van der Waals surface area contributed by atoms with Crippen molar-refractivity contribution in [1.29, 1.82) is 0 Å². The van der Waals surface area contributed by atoms with Crippen LogP contribution in [-0.4, -0.2) is 77.9 Å². The largest absolute Gasteiger partial charge is 0.497 e. The summed E-state index contributed by atoms with van der Waals surface area (Å²) in [6.07, 6.45) is 8.87. The quantitative estimate of drug-likeness (QED) is 0.0726. The fourth-order valence-electron chi connectivity index (χ4n) is 4.88. The number of nitrogens with zero attached hydrogens (tertiary/aromatic N) is 8. The third-order valence-corrected chi connectivity index (χ3v) is 11.3. The van der Waals surface area contributed by atoms with Gasteiger partial charge in [0.1, 0.15) is 36.4 Å². The van der Waals surface area contributed by atoms with E-state index in [1.165, 1.54) is 20.3 Å². The van der Waals surface area contributed by atoms with Crippen LogP contribution in [0.15, 0.2) is 55.2 Å². The lowest BCUT2D eigenvalue weighted by molar-refractivity contribution is 0.0786. The smallest absolute Gasteiger partial charge is 0.188 e. The van der Waals surface area contributed by atoms with Gasteiger partial charge < -0.3 is 28.4 Å². The molecule has 49 heavy (non-hydrogen) atoms. The maximum absolute atomic E-state index is 16.0. The van der Waals surface area contributed by atoms with E-state index in [4.69, 9.17) is 28.9 Å². The minimum Gasteiger partial charge on any atom is -0.497 e. The number of hydrogen-bond donors (Lipinski definition) is 0. The lowest BCUT2D eigenvalue weighted by Crippen LogP contribution is -2.24. The molecular formula is C34H47FN8O4Si2. The maximum atomic E-state index is 16.0. The minimum atomic E-state index is -1.24. The van der Waals surface area contributed by atoms with Crippen LogP contribution in [0, 0.1) is 5.82 Å².